The van der Waals surface area contributed by atoms with E-state index in [1.165, 1.54) is 51.9 Å². The SMILES string of the molecule is CCCCCNCC(C)N1CCCN(C)CC1C. The van der Waals surface area contributed by atoms with Crippen molar-refractivity contribution in [2.75, 3.05) is 39.8 Å². The molecule has 0 amide bonds. The predicted octanol–water partition coefficient (Wildman–Crippen LogP) is 2.18. The van der Waals surface area contributed by atoms with E-state index in [4.69, 9.17) is 0 Å². The average Bonchev–Trinajstić information content (AvgIpc) is 2.49. The number of likely N-dealkylation sites (N-methyl/N-ethyl adjacent to an activating group) is 1. The van der Waals surface area contributed by atoms with Crippen molar-refractivity contribution < 1.29 is 0 Å². The minimum absolute atomic E-state index is 0.660. The Labute approximate surface area is 114 Å². The van der Waals surface area contributed by atoms with E-state index < -0.39 is 0 Å². The number of hydrogen-bond donors (Lipinski definition) is 1. The zero-order valence-corrected chi connectivity index (χ0v) is 12.9. The summed E-state index contributed by atoms with van der Waals surface area (Å²) in [5, 5.41) is 3.61. The normalized spacial score (nSPS) is 25.0. The molecule has 2 unspecified atom stereocenters. The van der Waals surface area contributed by atoms with Gasteiger partial charge in [-0.1, -0.05) is 19.8 Å². The quantitative estimate of drug-likeness (QED) is 0.704. The van der Waals surface area contributed by atoms with Crippen molar-refractivity contribution in [2.45, 2.75) is 58.5 Å². The third kappa shape index (κ3) is 5.68. The van der Waals surface area contributed by atoms with E-state index in [1.54, 1.807) is 0 Å². The molecule has 3 heteroatoms. The lowest BCUT2D eigenvalue weighted by Crippen LogP contribution is -2.47. The summed E-state index contributed by atoms with van der Waals surface area (Å²) in [5.74, 6) is 0. The van der Waals surface area contributed by atoms with Crippen molar-refractivity contribution in [1.29, 1.82) is 0 Å². The van der Waals surface area contributed by atoms with Gasteiger partial charge in [-0.05, 0) is 46.8 Å². The lowest BCUT2D eigenvalue weighted by atomic mass is 10.2. The molecule has 0 aliphatic carbocycles. The van der Waals surface area contributed by atoms with Crippen LogP contribution in [0.5, 0.6) is 0 Å². The second-order valence-corrected chi connectivity index (χ2v) is 5.96. The van der Waals surface area contributed by atoms with Crippen LogP contribution >= 0.6 is 0 Å². The van der Waals surface area contributed by atoms with E-state index in [0.717, 1.165) is 6.54 Å². The van der Waals surface area contributed by atoms with Gasteiger partial charge in [-0.15, -0.1) is 0 Å². The number of hydrogen-bond acceptors (Lipinski definition) is 3. The Kier molecular flexibility index (Phi) is 7.87. The van der Waals surface area contributed by atoms with Gasteiger partial charge in [0.2, 0.25) is 0 Å². The topological polar surface area (TPSA) is 18.5 Å². The van der Waals surface area contributed by atoms with Crippen LogP contribution < -0.4 is 5.32 Å². The lowest BCUT2D eigenvalue weighted by molar-refractivity contribution is 0.150. The van der Waals surface area contributed by atoms with Gasteiger partial charge in [-0.3, -0.25) is 4.90 Å². The number of rotatable bonds is 7. The Balaban J connectivity index is 2.24. The lowest BCUT2D eigenvalue weighted by Gasteiger charge is -2.33. The van der Waals surface area contributed by atoms with Crippen LogP contribution in [-0.4, -0.2) is 61.7 Å². The first-order chi connectivity index (χ1) is 8.65. The van der Waals surface area contributed by atoms with Crippen LogP contribution in [0.25, 0.3) is 0 Å². The van der Waals surface area contributed by atoms with Crippen LogP contribution in [0.4, 0.5) is 0 Å². The van der Waals surface area contributed by atoms with E-state index in [9.17, 15) is 0 Å². The first-order valence-electron chi connectivity index (χ1n) is 7.80. The van der Waals surface area contributed by atoms with Crippen molar-refractivity contribution in [2.24, 2.45) is 0 Å². The van der Waals surface area contributed by atoms with Gasteiger partial charge in [0, 0.05) is 31.7 Å². The second-order valence-electron chi connectivity index (χ2n) is 5.96. The van der Waals surface area contributed by atoms with Gasteiger partial charge in [0.15, 0.2) is 0 Å². The van der Waals surface area contributed by atoms with Crippen molar-refractivity contribution in [3.8, 4) is 0 Å². The molecule has 2 atom stereocenters. The maximum absolute atomic E-state index is 3.61. The summed E-state index contributed by atoms with van der Waals surface area (Å²) >= 11 is 0. The van der Waals surface area contributed by atoms with Crippen LogP contribution in [0.3, 0.4) is 0 Å². The smallest absolute Gasteiger partial charge is 0.0198 e. The highest BCUT2D eigenvalue weighted by Crippen LogP contribution is 2.11. The predicted molar refractivity (Wildman–Crippen MR) is 80.1 cm³/mol. The molecular weight excluding hydrogens is 222 g/mol. The Morgan fingerprint density at radius 1 is 1.28 bits per heavy atom. The van der Waals surface area contributed by atoms with Gasteiger partial charge in [-0.2, -0.15) is 0 Å². The van der Waals surface area contributed by atoms with Gasteiger partial charge in [-0.25, -0.2) is 0 Å². The molecule has 0 spiro atoms. The first-order valence-corrected chi connectivity index (χ1v) is 7.80. The highest BCUT2D eigenvalue weighted by molar-refractivity contribution is 4.80. The molecule has 0 bridgehead atoms. The molecule has 18 heavy (non-hydrogen) atoms. The summed E-state index contributed by atoms with van der Waals surface area (Å²) in [6, 6.07) is 1.35. The average molecular weight is 255 g/mol. The minimum atomic E-state index is 0.660. The van der Waals surface area contributed by atoms with Gasteiger partial charge in [0.25, 0.3) is 0 Å². The molecular formula is C15H33N3. The van der Waals surface area contributed by atoms with Crippen LogP contribution in [0.2, 0.25) is 0 Å². The van der Waals surface area contributed by atoms with Crippen LogP contribution in [0.1, 0.15) is 46.5 Å². The van der Waals surface area contributed by atoms with E-state index in [2.05, 4.69) is 42.9 Å². The first kappa shape index (κ1) is 15.9. The molecule has 1 aliphatic rings. The summed E-state index contributed by atoms with van der Waals surface area (Å²) in [6.07, 6.45) is 5.29. The molecule has 1 N–H and O–H groups in total. The molecule has 0 aromatic rings. The summed E-state index contributed by atoms with van der Waals surface area (Å²) < 4.78 is 0. The molecule has 3 nitrogen and oxygen atoms in total. The molecule has 1 aliphatic heterocycles. The van der Waals surface area contributed by atoms with Crippen molar-refractivity contribution in [3.63, 3.8) is 0 Å². The zero-order chi connectivity index (χ0) is 13.4. The maximum atomic E-state index is 3.61. The molecule has 0 aromatic carbocycles. The molecule has 0 saturated carbocycles. The van der Waals surface area contributed by atoms with E-state index in [-0.39, 0.29) is 0 Å². The van der Waals surface area contributed by atoms with Crippen LogP contribution in [0, 0.1) is 0 Å². The van der Waals surface area contributed by atoms with Crippen molar-refractivity contribution in [3.05, 3.63) is 0 Å². The van der Waals surface area contributed by atoms with E-state index >= 15 is 0 Å². The number of unbranched alkanes of at least 4 members (excludes halogenated alkanes) is 2. The summed E-state index contributed by atoms with van der Waals surface area (Å²) in [5.41, 5.74) is 0. The summed E-state index contributed by atoms with van der Waals surface area (Å²) in [4.78, 5) is 5.14. The van der Waals surface area contributed by atoms with E-state index in [1.807, 2.05) is 0 Å². The Morgan fingerprint density at radius 2 is 2.06 bits per heavy atom. The monoisotopic (exact) mass is 255 g/mol. The van der Waals surface area contributed by atoms with Gasteiger partial charge < -0.3 is 10.2 Å². The maximum Gasteiger partial charge on any atom is 0.0198 e. The summed E-state index contributed by atoms with van der Waals surface area (Å²) in [6.45, 7) is 13.0. The third-order valence-electron chi connectivity index (χ3n) is 4.06. The van der Waals surface area contributed by atoms with Crippen LogP contribution in [-0.2, 0) is 0 Å². The highest BCUT2D eigenvalue weighted by atomic mass is 15.3. The number of nitrogens with one attached hydrogen (secondary N) is 1. The van der Waals surface area contributed by atoms with Crippen molar-refractivity contribution >= 4 is 0 Å². The van der Waals surface area contributed by atoms with E-state index in [0.29, 0.717) is 12.1 Å². The standard InChI is InChI=1S/C15H33N3/c1-5-6-7-9-16-12-14(2)18-11-8-10-17(4)13-15(18)3/h14-16H,5-13H2,1-4H3. The fourth-order valence-corrected chi connectivity index (χ4v) is 2.97. The summed E-state index contributed by atoms with van der Waals surface area (Å²) in [7, 11) is 2.24. The fourth-order valence-electron chi connectivity index (χ4n) is 2.97. The second kappa shape index (κ2) is 8.89. The molecule has 0 radical (unpaired) electrons. The fraction of sp³-hybridized carbons (Fsp3) is 1.00. The highest BCUT2D eigenvalue weighted by Gasteiger charge is 2.23. The minimum Gasteiger partial charge on any atom is -0.315 e. The molecule has 1 fully saturated rings. The van der Waals surface area contributed by atoms with Gasteiger partial charge in [0.1, 0.15) is 0 Å². The molecule has 108 valence electrons. The Morgan fingerprint density at radius 3 is 2.78 bits per heavy atom. The zero-order valence-electron chi connectivity index (χ0n) is 12.9. The van der Waals surface area contributed by atoms with Gasteiger partial charge in [0.05, 0.1) is 0 Å². The molecule has 1 rings (SSSR count). The van der Waals surface area contributed by atoms with Gasteiger partial charge >= 0.3 is 0 Å². The Hall–Kier alpha value is -0.120. The Bertz CT molecular complexity index is 208. The third-order valence-corrected chi connectivity index (χ3v) is 4.06. The van der Waals surface area contributed by atoms with Crippen molar-refractivity contribution in [1.82, 2.24) is 15.1 Å². The molecule has 1 heterocycles. The largest absolute Gasteiger partial charge is 0.315 e. The van der Waals surface area contributed by atoms with Crippen LogP contribution in [0.15, 0.2) is 0 Å². The molecule has 0 aromatic heterocycles. The number of nitrogens with zero attached hydrogens (tertiary/aromatic N) is 2. The molecule has 1 saturated heterocycles.